The van der Waals surface area contributed by atoms with E-state index in [0.717, 1.165) is 31.7 Å². The largest absolute Gasteiger partial charge is 0.433 e. The van der Waals surface area contributed by atoms with Gasteiger partial charge in [-0.15, -0.1) is 0 Å². The molecule has 3 fully saturated rings. The van der Waals surface area contributed by atoms with Crippen molar-refractivity contribution in [2.75, 3.05) is 31.1 Å². The molecule has 3 saturated heterocycles. The molecule has 3 aliphatic rings. The number of nitrogens with zero attached hydrogens (tertiary/aromatic N) is 4. The molecule has 2 bridgehead atoms. The van der Waals surface area contributed by atoms with Gasteiger partial charge in [0.15, 0.2) is 0 Å². The summed E-state index contributed by atoms with van der Waals surface area (Å²) in [7, 11) is 0. The van der Waals surface area contributed by atoms with Crippen molar-refractivity contribution < 1.29 is 18.0 Å². The van der Waals surface area contributed by atoms with Gasteiger partial charge in [0.05, 0.1) is 5.41 Å². The Morgan fingerprint density at radius 1 is 1.25 bits per heavy atom. The molecule has 1 aromatic heterocycles. The molecule has 9 heteroatoms. The fraction of sp³-hybridized carbons (Fsp3) is 0.737. The second-order valence-corrected chi connectivity index (χ2v) is 8.18. The molecule has 4 heterocycles. The lowest BCUT2D eigenvalue weighted by atomic mass is 9.70. The smallest absolute Gasteiger partial charge is 0.339 e. The molecule has 0 unspecified atom stereocenters. The van der Waals surface area contributed by atoms with Gasteiger partial charge >= 0.3 is 6.18 Å². The minimum atomic E-state index is -4.50. The quantitative estimate of drug-likeness (QED) is 0.849. The van der Waals surface area contributed by atoms with Crippen molar-refractivity contribution in [1.82, 2.24) is 20.2 Å². The zero-order valence-corrected chi connectivity index (χ0v) is 16.2. The van der Waals surface area contributed by atoms with Crippen LogP contribution in [0.15, 0.2) is 6.07 Å². The average Bonchev–Trinajstić information content (AvgIpc) is 3.28. The van der Waals surface area contributed by atoms with Crippen LogP contribution in [-0.4, -0.2) is 59.0 Å². The molecule has 0 aromatic carbocycles. The Labute approximate surface area is 162 Å². The van der Waals surface area contributed by atoms with Crippen LogP contribution in [-0.2, 0) is 11.0 Å². The van der Waals surface area contributed by atoms with Crippen molar-refractivity contribution in [3.8, 4) is 0 Å². The number of carbonyl (C=O) groups is 1. The number of aromatic nitrogens is 2. The van der Waals surface area contributed by atoms with Crippen LogP contribution in [0.1, 0.15) is 44.0 Å². The van der Waals surface area contributed by atoms with Gasteiger partial charge in [-0.05, 0) is 38.7 Å². The molecule has 0 aliphatic carbocycles. The lowest BCUT2D eigenvalue weighted by molar-refractivity contribution is -0.144. The van der Waals surface area contributed by atoms with Crippen molar-refractivity contribution >= 4 is 11.9 Å². The van der Waals surface area contributed by atoms with Crippen molar-refractivity contribution in [2.24, 2.45) is 5.41 Å². The van der Waals surface area contributed by atoms with Crippen LogP contribution in [0.2, 0.25) is 0 Å². The van der Waals surface area contributed by atoms with E-state index < -0.39 is 11.9 Å². The highest BCUT2D eigenvalue weighted by atomic mass is 19.4. The molecule has 154 valence electrons. The number of hydrogen-bond donors (Lipinski definition) is 1. The second-order valence-electron chi connectivity index (χ2n) is 8.18. The number of rotatable bonds is 3. The molecule has 28 heavy (non-hydrogen) atoms. The molecular weight excluding hydrogens is 371 g/mol. The van der Waals surface area contributed by atoms with Gasteiger partial charge in [0.1, 0.15) is 5.69 Å². The molecular formula is C19H26F3N5O. The summed E-state index contributed by atoms with van der Waals surface area (Å²) in [6.07, 6.45) is -0.608. The Morgan fingerprint density at radius 2 is 1.96 bits per heavy atom. The lowest BCUT2D eigenvalue weighted by Crippen LogP contribution is -2.56. The number of halogens is 3. The number of aryl methyl sites for hydroxylation is 1. The molecule has 0 radical (unpaired) electrons. The van der Waals surface area contributed by atoms with Gasteiger partial charge < -0.3 is 15.1 Å². The summed E-state index contributed by atoms with van der Waals surface area (Å²) in [6, 6.07) is 1.65. The second kappa shape index (κ2) is 6.86. The highest BCUT2D eigenvalue weighted by Gasteiger charge is 2.55. The van der Waals surface area contributed by atoms with Gasteiger partial charge in [-0.25, -0.2) is 9.97 Å². The first kappa shape index (κ1) is 19.4. The molecule has 3 aliphatic heterocycles. The van der Waals surface area contributed by atoms with Crippen LogP contribution in [0.5, 0.6) is 0 Å². The van der Waals surface area contributed by atoms with Gasteiger partial charge in [-0.1, -0.05) is 6.92 Å². The fourth-order valence-electron chi connectivity index (χ4n) is 5.04. The van der Waals surface area contributed by atoms with Crippen molar-refractivity contribution in [2.45, 2.75) is 57.8 Å². The summed E-state index contributed by atoms with van der Waals surface area (Å²) in [5.41, 5.74) is -0.964. The van der Waals surface area contributed by atoms with Crippen molar-refractivity contribution in [3.63, 3.8) is 0 Å². The minimum absolute atomic E-state index is 0.0891. The average molecular weight is 397 g/mol. The van der Waals surface area contributed by atoms with Gasteiger partial charge in [0, 0.05) is 44.0 Å². The first-order chi connectivity index (χ1) is 13.2. The van der Waals surface area contributed by atoms with E-state index in [-0.39, 0.29) is 29.0 Å². The topological polar surface area (TPSA) is 61.4 Å². The maximum Gasteiger partial charge on any atom is 0.433 e. The Hall–Kier alpha value is -1.90. The summed E-state index contributed by atoms with van der Waals surface area (Å²) in [5.74, 6) is 0.279. The van der Waals surface area contributed by atoms with Crippen LogP contribution in [0.25, 0.3) is 0 Å². The van der Waals surface area contributed by atoms with Crippen LogP contribution in [0, 0.1) is 12.3 Å². The van der Waals surface area contributed by atoms with E-state index in [1.807, 2.05) is 4.90 Å². The Balaban J connectivity index is 1.45. The molecule has 6 nitrogen and oxygen atoms in total. The Kier molecular flexibility index (Phi) is 4.76. The maximum atomic E-state index is 13.3. The molecule has 4 rings (SSSR count). The third kappa shape index (κ3) is 3.23. The fourth-order valence-corrected chi connectivity index (χ4v) is 5.04. The minimum Gasteiger partial charge on any atom is -0.339 e. The van der Waals surface area contributed by atoms with E-state index >= 15 is 0 Å². The summed E-state index contributed by atoms with van der Waals surface area (Å²) in [6.45, 7) is 5.46. The van der Waals surface area contributed by atoms with E-state index in [9.17, 15) is 18.0 Å². The van der Waals surface area contributed by atoms with E-state index in [1.54, 1.807) is 4.90 Å². The molecule has 0 spiro atoms. The summed E-state index contributed by atoms with van der Waals surface area (Å²) in [4.78, 5) is 24.8. The number of nitrogens with one attached hydrogen (secondary N) is 1. The Morgan fingerprint density at radius 3 is 2.50 bits per heavy atom. The lowest BCUT2D eigenvalue weighted by Gasteiger charge is -2.42. The number of amides is 1. The van der Waals surface area contributed by atoms with E-state index in [4.69, 9.17) is 0 Å². The molecule has 0 saturated carbocycles. The van der Waals surface area contributed by atoms with Crippen molar-refractivity contribution in [3.05, 3.63) is 17.5 Å². The van der Waals surface area contributed by atoms with Gasteiger partial charge in [0.25, 0.3) is 0 Å². The molecule has 1 amide bonds. The predicted octanol–water partition coefficient (Wildman–Crippen LogP) is 2.37. The standard InChI is InChI=1S/C19H26F3N5O/c1-3-18(11-13-4-5-14(18)24-13)16(28)26-6-8-27(9-7-26)17-23-12(2)10-15(25-17)19(20,21)22/h10,13-14,24H,3-9,11H2,1-2H3/t13-,14+,18+/m0/s1. The highest BCUT2D eigenvalue weighted by molar-refractivity contribution is 5.84. The van der Waals surface area contributed by atoms with E-state index in [2.05, 4.69) is 22.2 Å². The molecule has 3 atom stereocenters. The monoisotopic (exact) mass is 397 g/mol. The Bertz CT molecular complexity index is 762. The normalized spacial score (nSPS) is 30.2. The van der Waals surface area contributed by atoms with Crippen molar-refractivity contribution in [1.29, 1.82) is 0 Å². The third-order valence-electron chi connectivity index (χ3n) is 6.56. The van der Waals surface area contributed by atoms with E-state index in [0.29, 0.717) is 32.2 Å². The summed E-state index contributed by atoms with van der Waals surface area (Å²) < 4.78 is 39.1. The first-order valence-electron chi connectivity index (χ1n) is 9.96. The first-order valence-corrected chi connectivity index (χ1v) is 9.96. The molecule has 1 N–H and O–H groups in total. The molecule has 1 aromatic rings. The number of anilines is 1. The highest BCUT2D eigenvalue weighted by Crippen LogP contribution is 2.47. The number of piperazine rings is 1. The van der Waals surface area contributed by atoms with Crippen LogP contribution >= 0.6 is 0 Å². The number of carbonyl (C=O) groups excluding carboxylic acids is 1. The van der Waals surface area contributed by atoms with Crippen LogP contribution in [0.4, 0.5) is 19.1 Å². The van der Waals surface area contributed by atoms with Crippen LogP contribution in [0.3, 0.4) is 0 Å². The summed E-state index contributed by atoms with van der Waals surface area (Å²) in [5, 5.41) is 3.57. The van der Waals surface area contributed by atoms with Crippen LogP contribution < -0.4 is 10.2 Å². The van der Waals surface area contributed by atoms with Gasteiger partial charge in [0.2, 0.25) is 11.9 Å². The number of hydrogen-bond acceptors (Lipinski definition) is 5. The van der Waals surface area contributed by atoms with Gasteiger partial charge in [-0.3, -0.25) is 4.79 Å². The van der Waals surface area contributed by atoms with Gasteiger partial charge in [-0.2, -0.15) is 13.2 Å². The maximum absolute atomic E-state index is 13.3. The third-order valence-corrected chi connectivity index (χ3v) is 6.56. The SMILES string of the molecule is CC[C@@]1(C(=O)N2CCN(c3nc(C)cc(C(F)(F)F)n3)CC2)C[C@@H]2CC[C@H]1N2. The zero-order valence-electron chi connectivity index (χ0n) is 16.2. The summed E-state index contributed by atoms with van der Waals surface area (Å²) >= 11 is 0. The zero-order chi connectivity index (χ0) is 20.1. The number of alkyl halides is 3. The number of fused-ring (bicyclic) bond motifs is 2. The predicted molar refractivity (Wildman–Crippen MR) is 97.9 cm³/mol. The van der Waals surface area contributed by atoms with E-state index in [1.165, 1.54) is 6.92 Å².